The van der Waals surface area contributed by atoms with Crippen LogP contribution in [0.4, 0.5) is 0 Å². The standard InChI is InChI=1S/C13H15Cl2N/c1-3-5-13(16-8-4-2)11-7-6-10(14)9-12(11)15/h1,6-7,9,13,16H,4-5,8H2,2H3. The van der Waals surface area contributed by atoms with Crippen LogP contribution in [0.1, 0.15) is 31.4 Å². The highest BCUT2D eigenvalue weighted by Gasteiger charge is 2.12. The van der Waals surface area contributed by atoms with E-state index in [0.717, 1.165) is 18.5 Å². The van der Waals surface area contributed by atoms with Crippen LogP contribution < -0.4 is 5.32 Å². The zero-order chi connectivity index (χ0) is 12.0. The summed E-state index contributed by atoms with van der Waals surface area (Å²) in [4.78, 5) is 0. The molecular weight excluding hydrogens is 241 g/mol. The van der Waals surface area contributed by atoms with Gasteiger partial charge in [0.1, 0.15) is 0 Å². The van der Waals surface area contributed by atoms with Crippen molar-refractivity contribution in [1.29, 1.82) is 0 Å². The number of terminal acetylenes is 1. The normalized spacial score (nSPS) is 12.1. The number of hydrogen-bond acceptors (Lipinski definition) is 1. The molecule has 86 valence electrons. The molecule has 1 rings (SSSR count). The minimum absolute atomic E-state index is 0.106. The van der Waals surface area contributed by atoms with E-state index < -0.39 is 0 Å². The fourth-order valence-electron chi connectivity index (χ4n) is 1.51. The molecule has 1 unspecified atom stereocenters. The third-order valence-electron chi connectivity index (χ3n) is 2.30. The third kappa shape index (κ3) is 3.72. The average molecular weight is 256 g/mol. The van der Waals surface area contributed by atoms with Crippen LogP contribution in [0.15, 0.2) is 18.2 Å². The second kappa shape index (κ2) is 6.81. The first-order valence-corrected chi connectivity index (χ1v) is 6.06. The second-order valence-electron chi connectivity index (χ2n) is 3.58. The van der Waals surface area contributed by atoms with Gasteiger partial charge in [0.2, 0.25) is 0 Å². The zero-order valence-electron chi connectivity index (χ0n) is 9.26. The molecule has 0 aliphatic heterocycles. The molecule has 0 aromatic heterocycles. The Morgan fingerprint density at radius 2 is 2.19 bits per heavy atom. The molecule has 0 bridgehead atoms. The molecule has 1 aromatic carbocycles. The van der Waals surface area contributed by atoms with Crippen molar-refractivity contribution in [2.45, 2.75) is 25.8 Å². The van der Waals surface area contributed by atoms with Crippen LogP contribution in [0.3, 0.4) is 0 Å². The number of benzene rings is 1. The van der Waals surface area contributed by atoms with Crippen LogP contribution >= 0.6 is 23.2 Å². The van der Waals surface area contributed by atoms with Gasteiger partial charge < -0.3 is 5.32 Å². The quantitative estimate of drug-likeness (QED) is 0.783. The minimum Gasteiger partial charge on any atom is -0.309 e. The summed E-state index contributed by atoms with van der Waals surface area (Å²) < 4.78 is 0. The molecule has 16 heavy (non-hydrogen) atoms. The van der Waals surface area contributed by atoms with Gasteiger partial charge in [0, 0.05) is 22.5 Å². The predicted molar refractivity (Wildman–Crippen MR) is 70.9 cm³/mol. The average Bonchev–Trinajstić information content (AvgIpc) is 2.25. The fourth-order valence-corrected chi connectivity index (χ4v) is 2.05. The van der Waals surface area contributed by atoms with Gasteiger partial charge in [-0.2, -0.15) is 0 Å². The van der Waals surface area contributed by atoms with E-state index in [4.69, 9.17) is 29.6 Å². The molecular formula is C13H15Cl2N. The van der Waals surface area contributed by atoms with Gasteiger partial charge >= 0.3 is 0 Å². The van der Waals surface area contributed by atoms with Crippen LogP contribution in [-0.2, 0) is 0 Å². The van der Waals surface area contributed by atoms with Gasteiger partial charge in [-0.1, -0.05) is 36.2 Å². The fraction of sp³-hybridized carbons (Fsp3) is 0.385. The van der Waals surface area contributed by atoms with Crippen LogP contribution in [0, 0.1) is 12.3 Å². The topological polar surface area (TPSA) is 12.0 Å². The maximum Gasteiger partial charge on any atom is 0.0468 e. The van der Waals surface area contributed by atoms with E-state index in [1.807, 2.05) is 12.1 Å². The molecule has 0 fully saturated rings. The van der Waals surface area contributed by atoms with Crippen molar-refractivity contribution < 1.29 is 0 Å². The summed E-state index contributed by atoms with van der Waals surface area (Å²) >= 11 is 12.0. The van der Waals surface area contributed by atoms with E-state index in [2.05, 4.69) is 18.2 Å². The van der Waals surface area contributed by atoms with Crippen LogP contribution in [-0.4, -0.2) is 6.54 Å². The Kier molecular flexibility index (Phi) is 5.69. The first kappa shape index (κ1) is 13.4. The van der Waals surface area contributed by atoms with Crippen molar-refractivity contribution in [2.75, 3.05) is 6.54 Å². The van der Waals surface area contributed by atoms with Crippen LogP contribution in [0.25, 0.3) is 0 Å². The van der Waals surface area contributed by atoms with E-state index in [9.17, 15) is 0 Å². The predicted octanol–water partition coefficient (Wildman–Crippen LogP) is 4.06. The Morgan fingerprint density at radius 1 is 1.44 bits per heavy atom. The Morgan fingerprint density at radius 3 is 2.75 bits per heavy atom. The number of nitrogens with one attached hydrogen (secondary N) is 1. The summed E-state index contributed by atoms with van der Waals surface area (Å²) in [6.07, 6.45) is 7.05. The van der Waals surface area contributed by atoms with Gasteiger partial charge in [0.15, 0.2) is 0 Å². The smallest absolute Gasteiger partial charge is 0.0468 e. The van der Waals surface area contributed by atoms with E-state index >= 15 is 0 Å². The molecule has 0 heterocycles. The lowest BCUT2D eigenvalue weighted by Gasteiger charge is -2.17. The summed E-state index contributed by atoms with van der Waals surface area (Å²) in [5.41, 5.74) is 1.01. The molecule has 0 spiro atoms. The summed E-state index contributed by atoms with van der Waals surface area (Å²) in [5, 5.41) is 4.68. The number of hydrogen-bond donors (Lipinski definition) is 1. The molecule has 0 radical (unpaired) electrons. The summed E-state index contributed by atoms with van der Waals surface area (Å²) in [6.45, 7) is 3.04. The SMILES string of the molecule is C#CCC(NCCC)c1ccc(Cl)cc1Cl. The van der Waals surface area contributed by atoms with Gasteiger partial charge in [-0.3, -0.25) is 0 Å². The first-order valence-electron chi connectivity index (χ1n) is 5.30. The molecule has 1 atom stereocenters. The van der Waals surface area contributed by atoms with Gasteiger partial charge in [-0.25, -0.2) is 0 Å². The van der Waals surface area contributed by atoms with Crippen molar-refractivity contribution in [1.82, 2.24) is 5.32 Å². The van der Waals surface area contributed by atoms with Gasteiger partial charge in [0.25, 0.3) is 0 Å². The lowest BCUT2D eigenvalue weighted by molar-refractivity contribution is 0.543. The molecule has 0 amide bonds. The third-order valence-corrected chi connectivity index (χ3v) is 2.86. The summed E-state index contributed by atoms with van der Waals surface area (Å²) in [5.74, 6) is 2.66. The molecule has 1 N–H and O–H groups in total. The van der Waals surface area contributed by atoms with Gasteiger partial charge in [-0.05, 0) is 30.7 Å². The highest BCUT2D eigenvalue weighted by molar-refractivity contribution is 6.35. The highest BCUT2D eigenvalue weighted by Crippen LogP contribution is 2.27. The lowest BCUT2D eigenvalue weighted by Crippen LogP contribution is -2.22. The molecule has 0 aliphatic carbocycles. The maximum absolute atomic E-state index is 6.15. The lowest BCUT2D eigenvalue weighted by atomic mass is 10.0. The van der Waals surface area contributed by atoms with Crippen molar-refractivity contribution in [3.8, 4) is 12.3 Å². The highest BCUT2D eigenvalue weighted by atomic mass is 35.5. The van der Waals surface area contributed by atoms with Crippen LogP contribution in [0.5, 0.6) is 0 Å². The second-order valence-corrected chi connectivity index (χ2v) is 4.42. The van der Waals surface area contributed by atoms with E-state index in [1.165, 1.54) is 0 Å². The van der Waals surface area contributed by atoms with Crippen molar-refractivity contribution in [3.05, 3.63) is 33.8 Å². The summed E-state index contributed by atoms with van der Waals surface area (Å²) in [7, 11) is 0. The largest absolute Gasteiger partial charge is 0.309 e. The van der Waals surface area contributed by atoms with Gasteiger partial charge in [-0.15, -0.1) is 12.3 Å². The molecule has 0 aliphatic rings. The van der Waals surface area contributed by atoms with Crippen molar-refractivity contribution in [2.24, 2.45) is 0 Å². The molecule has 1 aromatic rings. The van der Waals surface area contributed by atoms with E-state index in [0.29, 0.717) is 16.5 Å². The monoisotopic (exact) mass is 255 g/mol. The Bertz CT molecular complexity index is 382. The maximum atomic E-state index is 6.15. The van der Waals surface area contributed by atoms with Gasteiger partial charge in [0.05, 0.1) is 0 Å². The molecule has 0 saturated carbocycles. The zero-order valence-corrected chi connectivity index (χ0v) is 10.8. The molecule has 3 heteroatoms. The first-order chi connectivity index (χ1) is 7.69. The Labute approximate surface area is 107 Å². The molecule has 0 saturated heterocycles. The van der Waals surface area contributed by atoms with Crippen LogP contribution in [0.2, 0.25) is 10.0 Å². The molecule has 1 nitrogen and oxygen atoms in total. The Balaban J connectivity index is 2.88. The Hall–Kier alpha value is -0.680. The van der Waals surface area contributed by atoms with E-state index in [-0.39, 0.29) is 6.04 Å². The minimum atomic E-state index is 0.106. The number of rotatable bonds is 5. The van der Waals surface area contributed by atoms with Crippen molar-refractivity contribution >= 4 is 23.2 Å². The van der Waals surface area contributed by atoms with E-state index in [1.54, 1.807) is 6.07 Å². The van der Waals surface area contributed by atoms with Crippen molar-refractivity contribution in [3.63, 3.8) is 0 Å². The summed E-state index contributed by atoms with van der Waals surface area (Å²) in [6, 6.07) is 5.61. The number of halogens is 2.